The maximum Gasteiger partial charge on any atom is 0.269 e. The predicted octanol–water partition coefficient (Wildman–Crippen LogP) is 2.15. The molecule has 0 aromatic heterocycles. The molecule has 1 aromatic rings. The van der Waals surface area contributed by atoms with E-state index in [0.717, 1.165) is 12.8 Å². The summed E-state index contributed by atoms with van der Waals surface area (Å²) in [5.41, 5.74) is 1.17. The second-order valence-corrected chi connectivity index (χ2v) is 5.01. The summed E-state index contributed by atoms with van der Waals surface area (Å²) in [6, 6.07) is 4.45. The third-order valence-electron chi connectivity index (χ3n) is 3.65. The maximum absolute atomic E-state index is 12.5. The standard InChI is InChI=1S/C14H18N2O4/c1-10-8-11(16(18)19)5-6-13(10)14(17)15-7-3-4-12(15)9-20-2/h5-6,8,12H,3-4,7,9H2,1-2H3. The van der Waals surface area contributed by atoms with Gasteiger partial charge in [0.1, 0.15) is 0 Å². The summed E-state index contributed by atoms with van der Waals surface area (Å²) in [6.07, 6.45) is 1.90. The molecule has 6 nitrogen and oxygen atoms in total. The van der Waals surface area contributed by atoms with E-state index in [0.29, 0.717) is 24.3 Å². The number of rotatable bonds is 4. The lowest BCUT2D eigenvalue weighted by Crippen LogP contribution is -2.38. The first-order valence-corrected chi connectivity index (χ1v) is 6.59. The van der Waals surface area contributed by atoms with E-state index >= 15 is 0 Å². The molecular weight excluding hydrogens is 260 g/mol. The molecule has 0 aliphatic carbocycles. The van der Waals surface area contributed by atoms with Crippen LogP contribution in [-0.2, 0) is 4.74 Å². The Morgan fingerprint density at radius 3 is 2.90 bits per heavy atom. The van der Waals surface area contributed by atoms with E-state index in [4.69, 9.17) is 4.74 Å². The van der Waals surface area contributed by atoms with Crippen LogP contribution in [0.15, 0.2) is 18.2 Å². The fraction of sp³-hybridized carbons (Fsp3) is 0.500. The summed E-state index contributed by atoms with van der Waals surface area (Å²) in [5, 5.41) is 10.7. The number of benzene rings is 1. The number of methoxy groups -OCH3 is 1. The molecule has 1 fully saturated rings. The van der Waals surface area contributed by atoms with Crippen molar-refractivity contribution in [1.29, 1.82) is 0 Å². The van der Waals surface area contributed by atoms with E-state index in [9.17, 15) is 14.9 Å². The van der Waals surface area contributed by atoms with Gasteiger partial charge in [0.2, 0.25) is 0 Å². The number of hydrogen-bond acceptors (Lipinski definition) is 4. The summed E-state index contributed by atoms with van der Waals surface area (Å²) >= 11 is 0. The van der Waals surface area contributed by atoms with Gasteiger partial charge in [-0.1, -0.05) is 0 Å². The molecule has 1 aromatic carbocycles. The molecule has 0 saturated carbocycles. The Bertz CT molecular complexity index is 530. The van der Waals surface area contributed by atoms with E-state index in [1.54, 1.807) is 18.9 Å². The molecular formula is C14H18N2O4. The highest BCUT2D eigenvalue weighted by atomic mass is 16.6. The fourth-order valence-electron chi connectivity index (χ4n) is 2.62. The molecule has 0 N–H and O–H groups in total. The van der Waals surface area contributed by atoms with Crippen molar-refractivity contribution >= 4 is 11.6 Å². The quantitative estimate of drug-likeness (QED) is 0.625. The minimum absolute atomic E-state index is 0.00825. The van der Waals surface area contributed by atoms with Crippen LogP contribution in [0.5, 0.6) is 0 Å². The summed E-state index contributed by atoms with van der Waals surface area (Å²) in [5.74, 6) is -0.0723. The van der Waals surface area contributed by atoms with Crippen LogP contribution in [0.25, 0.3) is 0 Å². The van der Waals surface area contributed by atoms with Crippen LogP contribution < -0.4 is 0 Å². The van der Waals surface area contributed by atoms with Crippen LogP contribution in [0.1, 0.15) is 28.8 Å². The minimum atomic E-state index is -0.454. The molecule has 1 amide bonds. The number of nitro groups is 1. The molecule has 2 rings (SSSR count). The number of carbonyl (C=O) groups is 1. The normalized spacial score (nSPS) is 18.3. The second kappa shape index (κ2) is 6.00. The first-order valence-electron chi connectivity index (χ1n) is 6.59. The first-order chi connectivity index (χ1) is 9.54. The van der Waals surface area contributed by atoms with Gasteiger partial charge >= 0.3 is 0 Å². The number of ether oxygens (including phenoxy) is 1. The van der Waals surface area contributed by atoms with Crippen LogP contribution in [0, 0.1) is 17.0 Å². The van der Waals surface area contributed by atoms with Gasteiger partial charge in [-0.2, -0.15) is 0 Å². The van der Waals surface area contributed by atoms with Crippen molar-refractivity contribution in [3.05, 3.63) is 39.4 Å². The van der Waals surface area contributed by atoms with Gasteiger partial charge in [0, 0.05) is 31.4 Å². The summed E-state index contributed by atoms with van der Waals surface area (Å²) in [7, 11) is 1.62. The molecule has 1 heterocycles. The molecule has 108 valence electrons. The molecule has 0 radical (unpaired) electrons. The zero-order chi connectivity index (χ0) is 14.7. The van der Waals surface area contributed by atoms with Gasteiger partial charge in [-0.05, 0) is 31.4 Å². The van der Waals surface area contributed by atoms with Crippen LogP contribution in [0.3, 0.4) is 0 Å². The largest absolute Gasteiger partial charge is 0.383 e. The number of aryl methyl sites for hydroxylation is 1. The van der Waals surface area contributed by atoms with Crippen LogP contribution in [0.2, 0.25) is 0 Å². The third kappa shape index (κ3) is 2.80. The maximum atomic E-state index is 12.5. The average Bonchev–Trinajstić information content (AvgIpc) is 2.86. The molecule has 20 heavy (non-hydrogen) atoms. The van der Waals surface area contributed by atoms with Gasteiger partial charge in [0.15, 0.2) is 0 Å². The number of hydrogen-bond donors (Lipinski definition) is 0. The van der Waals surface area contributed by atoms with Crippen molar-refractivity contribution < 1.29 is 14.5 Å². The zero-order valence-electron chi connectivity index (χ0n) is 11.7. The molecule has 1 unspecified atom stereocenters. The third-order valence-corrected chi connectivity index (χ3v) is 3.65. The monoisotopic (exact) mass is 278 g/mol. The van der Waals surface area contributed by atoms with Gasteiger partial charge in [0.05, 0.1) is 17.6 Å². The van der Waals surface area contributed by atoms with E-state index < -0.39 is 4.92 Å². The molecule has 0 spiro atoms. The van der Waals surface area contributed by atoms with Crippen molar-refractivity contribution in [1.82, 2.24) is 4.90 Å². The number of nitrogens with zero attached hydrogens (tertiary/aromatic N) is 2. The van der Waals surface area contributed by atoms with Crippen LogP contribution in [-0.4, -0.2) is 42.0 Å². The average molecular weight is 278 g/mol. The number of non-ortho nitro benzene ring substituents is 1. The van der Waals surface area contributed by atoms with Crippen LogP contribution >= 0.6 is 0 Å². The van der Waals surface area contributed by atoms with Gasteiger partial charge in [-0.15, -0.1) is 0 Å². The van der Waals surface area contributed by atoms with Crippen molar-refractivity contribution in [3.63, 3.8) is 0 Å². The van der Waals surface area contributed by atoms with Gasteiger partial charge in [-0.3, -0.25) is 14.9 Å². The Morgan fingerprint density at radius 1 is 1.55 bits per heavy atom. The van der Waals surface area contributed by atoms with Gasteiger partial charge in [0.25, 0.3) is 11.6 Å². The lowest BCUT2D eigenvalue weighted by Gasteiger charge is -2.24. The van der Waals surface area contributed by atoms with Crippen molar-refractivity contribution in [3.8, 4) is 0 Å². The fourth-order valence-corrected chi connectivity index (χ4v) is 2.62. The van der Waals surface area contributed by atoms with E-state index in [1.807, 2.05) is 0 Å². The summed E-state index contributed by atoms with van der Waals surface area (Å²) in [4.78, 5) is 24.6. The molecule has 1 saturated heterocycles. The Balaban J connectivity index is 2.22. The minimum Gasteiger partial charge on any atom is -0.383 e. The van der Waals surface area contributed by atoms with Crippen molar-refractivity contribution in [2.45, 2.75) is 25.8 Å². The smallest absolute Gasteiger partial charge is 0.269 e. The Labute approximate surface area is 117 Å². The Morgan fingerprint density at radius 2 is 2.30 bits per heavy atom. The summed E-state index contributed by atoms with van der Waals surface area (Å²) in [6.45, 7) is 2.96. The number of carbonyl (C=O) groups excluding carboxylic acids is 1. The van der Waals surface area contributed by atoms with Crippen LogP contribution in [0.4, 0.5) is 5.69 Å². The zero-order valence-corrected chi connectivity index (χ0v) is 11.7. The van der Waals surface area contributed by atoms with E-state index in [2.05, 4.69) is 0 Å². The van der Waals surface area contributed by atoms with E-state index in [1.165, 1.54) is 18.2 Å². The number of nitro benzene ring substituents is 1. The summed E-state index contributed by atoms with van der Waals surface area (Å²) < 4.78 is 5.14. The highest BCUT2D eigenvalue weighted by Crippen LogP contribution is 2.23. The molecule has 1 aliphatic heterocycles. The molecule has 0 bridgehead atoms. The van der Waals surface area contributed by atoms with Crippen molar-refractivity contribution in [2.75, 3.05) is 20.3 Å². The Kier molecular flexibility index (Phi) is 4.34. The van der Waals surface area contributed by atoms with Gasteiger partial charge < -0.3 is 9.64 Å². The predicted molar refractivity (Wildman–Crippen MR) is 73.8 cm³/mol. The first kappa shape index (κ1) is 14.5. The number of amides is 1. The molecule has 1 aliphatic rings. The van der Waals surface area contributed by atoms with Crippen molar-refractivity contribution in [2.24, 2.45) is 0 Å². The topological polar surface area (TPSA) is 72.7 Å². The lowest BCUT2D eigenvalue weighted by molar-refractivity contribution is -0.384. The lowest BCUT2D eigenvalue weighted by atomic mass is 10.1. The molecule has 6 heteroatoms. The Hall–Kier alpha value is -1.95. The van der Waals surface area contributed by atoms with Gasteiger partial charge in [-0.25, -0.2) is 0 Å². The second-order valence-electron chi connectivity index (χ2n) is 5.01. The highest BCUT2D eigenvalue weighted by Gasteiger charge is 2.30. The highest BCUT2D eigenvalue weighted by molar-refractivity contribution is 5.96. The number of likely N-dealkylation sites (tertiary alicyclic amines) is 1. The van der Waals surface area contributed by atoms with E-state index in [-0.39, 0.29) is 17.6 Å². The molecule has 1 atom stereocenters. The SMILES string of the molecule is COCC1CCCN1C(=O)c1ccc([N+](=O)[O-])cc1C.